The maximum Gasteiger partial charge on any atom is 0.547 e. The lowest BCUT2D eigenvalue weighted by atomic mass is 9.72. The summed E-state index contributed by atoms with van der Waals surface area (Å²) in [5.41, 5.74) is 6.82. The first kappa shape index (κ1) is 24.3. The summed E-state index contributed by atoms with van der Waals surface area (Å²) in [7, 11) is -1.38. The van der Waals surface area contributed by atoms with Gasteiger partial charge in [0, 0.05) is 12.1 Å². The van der Waals surface area contributed by atoms with Gasteiger partial charge in [-0.1, -0.05) is 24.3 Å². The third-order valence-corrected chi connectivity index (χ3v) is 5.07. The number of para-hydroxylation sites is 1. The van der Waals surface area contributed by atoms with Gasteiger partial charge in [-0.15, -0.1) is 0 Å². The van der Waals surface area contributed by atoms with E-state index in [1.54, 1.807) is 51.1 Å². The molecule has 0 unspecified atom stereocenters. The van der Waals surface area contributed by atoms with Gasteiger partial charge in [-0.25, -0.2) is 4.79 Å². The van der Waals surface area contributed by atoms with Gasteiger partial charge in [-0.05, 0) is 56.5 Å². The van der Waals surface area contributed by atoms with Gasteiger partial charge < -0.3 is 30.2 Å². The number of fused-ring (bicyclic) bond motifs is 1. The van der Waals surface area contributed by atoms with Crippen molar-refractivity contribution in [3.8, 4) is 5.75 Å². The number of carbonyl (C=O) groups is 3. The van der Waals surface area contributed by atoms with Crippen LogP contribution in [0.5, 0.6) is 5.75 Å². The van der Waals surface area contributed by atoms with E-state index >= 15 is 0 Å². The van der Waals surface area contributed by atoms with E-state index < -0.39 is 37.2 Å². The molecule has 0 aliphatic carbocycles. The quantitative estimate of drug-likeness (QED) is 0.340. The molecule has 1 aliphatic rings. The maximum atomic E-state index is 12.6. The van der Waals surface area contributed by atoms with Crippen molar-refractivity contribution in [2.24, 2.45) is 11.1 Å². The van der Waals surface area contributed by atoms with Crippen molar-refractivity contribution in [2.45, 2.75) is 39.7 Å². The summed E-state index contributed by atoms with van der Waals surface area (Å²) in [4.78, 5) is 36.9. The van der Waals surface area contributed by atoms with Gasteiger partial charge >= 0.3 is 19.1 Å². The number of esters is 2. The Bertz CT molecular complexity index is 1050. The number of ether oxygens (including phenoxy) is 2. The molecule has 0 radical (unpaired) electrons. The standard InChI is InChI=1S/C23H27BN2O7/c1-23(2,3)22(29)32-13-31-21(28)17-9-5-7-15-11-18(24(30)33-19(15)17)26-20(27)16-8-4-6-14(10-16)12-25/h4-10,18,30H,11-13,25H2,1-3H3,(H,26,27)/t18-/m0/s1. The molecule has 174 valence electrons. The van der Waals surface area contributed by atoms with Gasteiger partial charge in [0.2, 0.25) is 6.79 Å². The summed E-state index contributed by atoms with van der Waals surface area (Å²) in [6.07, 6.45) is 0.235. The summed E-state index contributed by atoms with van der Waals surface area (Å²) >= 11 is 0. The minimum atomic E-state index is -1.38. The zero-order valence-corrected chi connectivity index (χ0v) is 18.8. The molecule has 2 aromatic rings. The molecule has 1 atom stereocenters. The van der Waals surface area contributed by atoms with Gasteiger partial charge in [-0.3, -0.25) is 9.59 Å². The zero-order chi connectivity index (χ0) is 24.2. The fourth-order valence-electron chi connectivity index (χ4n) is 3.23. The number of hydrogen-bond donors (Lipinski definition) is 3. The molecule has 10 heteroatoms. The van der Waals surface area contributed by atoms with Crippen LogP contribution < -0.4 is 15.7 Å². The Morgan fingerprint density at radius 2 is 1.91 bits per heavy atom. The molecule has 33 heavy (non-hydrogen) atoms. The third-order valence-electron chi connectivity index (χ3n) is 5.07. The molecule has 0 aromatic heterocycles. The second-order valence-electron chi connectivity index (χ2n) is 8.72. The Balaban J connectivity index is 1.67. The van der Waals surface area contributed by atoms with Crippen molar-refractivity contribution < 1.29 is 33.5 Å². The highest BCUT2D eigenvalue weighted by molar-refractivity contribution is 6.47. The molecule has 3 rings (SSSR count). The fourth-order valence-corrected chi connectivity index (χ4v) is 3.23. The van der Waals surface area contributed by atoms with Crippen LogP contribution in [0, 0.1) is 5.41 Å². The van der Waals surface area contributed by atoms with Crippen LogP contribution in [0.2, 0.25) is 0 Å². The number of hydrogen-bond acceptors (Lipinski definition) is 8. The Kier molecular flexibility index (Phi) is 7.40. The first-order valence-electron chi connectivity index (χ1n) is 10.5. The highest BCUT2D eigenvalue weighted by atomic mass is 16.7. The first-order valence-corrected chi connectivity index (χ1v) is 10.5. The SMILES string of the molecule is CC(C)(C)C(=O)OCOC(=O)c1cccc2c1OB(O)[C@@H](NC(=O)c1cccc(CN)c1)C2. The van der Waals surface area contributed by atoms with Crippen molar-refractivity contribution in [1.82, 2.24) is 5.32 Å². The van der Waals surface area contributed by atoms with E-state index in [1.807, 2.05) is 6.07 Å². The lowest BCUT2D eigenvalue weighted by Crippen LogP contribution is -2.53. The molecule has 0 spiro atoms. The molecule has 0 saturated heterocycles. The molecule has 1 aliphatic heterocycles. The highest BCUT2D eigenvalue weighted by Gasteiger charge is 2.38. The van der Waals surface area contributed by atoms with Crippen LogP contribution in [-0.4, -0.2) is 42.7 Å². The summed E-state index contributed by atoms with van der Waals surface area (Å²) in [5.74, 6) is -2.22. The second kappa shape index (κ2) is 10.1. The summed E-state index contributed by atoms with van der Waals surface area (Å²) < 4.78 is 15.6. The lowest BCUT2D eigenvalue weighted by molar-refractivity contribution is -0.161. The Hall–Kier alpha value is -3.37. The zero-order valence-electron chi connectivity index (χ0n) is 18.8. The predicted molar refractivity (Wildman–Crippen MR) is 120 cm³/mol. The van der Waals surface area contributed by atoms with Crippen molar-refractivity contribution in [1.29, 1.82) is 0 Å². The van der Waals surface area contributed by atoms with E-state index in [0.717, 1.165) is 5.56 Å². The van der Waals surface area contributed by atoms with Crippen LogP contribution in [0.4, 0.5) is 0 Å². The number of nitrogens with one attached hydrogen (secondary N) is 1. The van der Waals surface area contributed by atoms with Crippen LogP contribution in [0.3, 0.4) is 0 Å². The number of benzene rings is 2. The monoisotopic (exact) mass is 454 g/mol. The molecular formula is C23H27BN2O7. The van der Waals surface area contributed by atoms with Crippen LogP contribution in [0.15, 0.2) is 42.5 Å². The van der Waals surface area contributed by atoms with E-state index in [-0.39, 0.29) is 23.6 Å². The molecule has 1 amide bonds. The van der Waals surface area contributed by atoms with Gasteiger partial charge in [0.25, 0.3) is 5.91 Å². The second-order valence-corrected chi connectivity index (χ2v) is 8.72. The van der Waals surface area contributed by atoms with Crippen molar-refractivity contribution in [3.63, 3.8) is 0 Å². The Morgan fingerprint density at radius 3 is 2.61 bits per heavy atom. The summed E-state index contributed by atoms with van der Waals surface area (Å²) in [5, 5.41) is 13.2. The molecule has 0 bridgehead atoms. The number of amides is 1. The number of nitrogens with two attached hydrogens (primary N) is 1. The minimum Gasteiger partial charge on any atom is -0.534 e. The van der Waals surface area contributed by atoms with E-state index in [2.05, 4.69) is 5.32 Å². The first-order chi connectivity index (χ1) is 15.6. The fraction of sp³-hybridized carbons (Fsp3) is 0.348. The Morgan fingerprint density at radius 1 is 1.18 bits per heavy atom. The molecule has 0 saturated carbocycles. The van der Waals surface area contributed by atoms with Gasteiger partial charge in [0.1, 0.15) is 11.3 Å². The summed E-state index contributed by atoms with van der Waals surface area (Å²) in [6.45, 7) is 4.82. The van der Waals surface area contributed by atoms with Crippen molar-refractivity contribution >= 4 is 25.0 Å². The van der Waals surface area contributed by atoms with E-state index in [4.69, 9.17) is 19.9 Å². The number of rotatable bonds is 6. The lowest BCUT2D eigenvalue weighted by Gasteiger charge is -2.29. The average molecular weight is 454 g/mol. The van der Waals surface area contributed by atoms with Gasteiger partial charge in [0.05, 0.1) is 11.4 Å². The largest absolute Gasteiger partial charge is 0.547 e. The average Bonchev–Trinajstić information content (AvgIpc) is 2.78. The topological polar surface area (TPSA) is 137 Å². The van der Waals surface area contributed by atoms with Crippen LogP contribution >= 0.6 is 0 Å². The molecule has 4 N–H and O–H groups in total. The van der Waals surface area contributed by atoms with E-state index in [1.165, 1.54) is 6.07 Å². The molecule has 2 aromatic carbocycles. The van der Waals surface area contributed by atoms with Gasteiger partial charge in [0.15, 0.2) is 0 Å². The third kappa shape index (κ3) is 5.91. The molecule has 9 nitrogen and oxygen atoms in total. The summed E-state index contributed by atoms with van der Waals surface area (Å²) in [6, 6.07) is 11.7. The minimum absolute atomic E-state index is 0.0822. The van der Waals surface area contributed by atoms with Crippen LogP contribution in [-0.2, 0) is 27.2 Å². The smallest absolute Gasteiger partial charge is 0.534 e. The predicted octanol–water partition coefficient (Wildman–Crippen LogP) is 1.60. The number of carbonyl (C=O) groups excluding carboxylic acids is 3. The molecule has 1 heterocycles. The Labute approximate surface area is 192 Å². The van der Waals surface area contributed by atoms with Crippen molar-refractivity contribution in [2.75, 3.05) is 6.79 Å². The van der Waals surface area contributed by atoms with E-state index in [9.17, 15) is 19.4 Å². The van der Waals surface area contributed by atoms with Crippen molar-refractivity contribution in [3.05, 3.63) is 64.7 Å². The van der Waals surface area contributed by atoms with Crippen LogP contribution in [0.25, 0.3) is 0 Å². The van der Waals surface area contributed by atoms with Gasteiger partial charge in [-0.2, -0.15) is 0 Å². The molecular weight excluding hydrogens is 427 g/mol. The highest BCUT2D eigenvalue weighted by Crippen LogP contribution is 2.31. The van der Waals surface area contributed by atoms with Crippen LogP contribution in [0.1, 0.15) is 52.6 Å². The van der Waals surface area contributed by atoms with E-state index in [0.29, 0.717) is 17.7 Å². The molecule has 0 fully saturated rings. The maximum absolute atomic E-state index is 12.6. The normalized spacial score (nSPS) is 15.2.